The minimum absolute atomic E-state index is 0.151. The van der Waals surface area contributed by atoms with Crippen LogP contribution in [0.25, 0.3) is 0 Å². The second kappa shape index (κ2) is 6.37. The number of hydrogen-bond acceptors (Lipinski definition) is 3. The molecule has 0 saturated carbocycles. The summed E-state index contributed by atoms with van der Waals surface area (Å²) in [5, 5.41) is 2.68. The van der Waals surface area contributed by atoms with Crippen molar-refractivity contribution in [3.8, 4) is 0 Å². The van der Waals surface area contributed by atoms with Gasteiger partial charge in [0.15, 0.2) is 5.11 Å². The number of hydrogen-bond donors (Lipinski definition) is 3. The summed E-state index contributed by atoms with van der Waals surface area (Å²) in [6, 6.07) is 1.15. The van der Waals surface area contributed by atoms with Crippen molar-refractivity contribution in [3.05, 3.63) is 34.2 Å². The van der Waals surface area contributed by atoms with E-state index >= 15 is 0 Å². The number of carbonyl (C=O) groups is 1. The molecule has 0 aliphatic carbocycles. The number of amides is 1. The summed E-state index contributed by atoms with van der Waals surface area (Å²) in [6.07, 6.45) is -3.69. The van der Waals surface area contributed by atoms with Crippen molar-refractivity contribution in [1.82, 2.24) is 20.7 Å². The van der Waals surface area contributed by atoms with Crippen LogP contribution in [-0.4, -0.2) is 22.6 Å². The molecule has 0 aromatic carbocycles. The van der Waals surface area contributed by atoms with Crippen molar-refractivity contribution in [3.63, 3.8) is 0 Å². The standard InChI is InChI=1S/C10H11F3N4O2S/c1-14-9(20)16-15-7(18)5-17-3-2-6(4-8(17)19)10(11,12)13/h2-4H,5H2,1H3,(H,15,18)(H2,14,16,20). The van der Waals surface area contributed by atoms with Crippen molar-refractivity contribution >= 4 is 23.2 Å². The first kappa shape index (κ1) is 16.0. The maximum Gasteiger partial charge on any atom is 0.416 e. The molecule has 0 atom stereocenters. The summed E-state index contributed by atoms with van der Waals surface area (Å²) in [6.45, 7) is -0.434. The van der Waals surface area contributed by atoms with Gasteiger partial charge in [-0.15, -0.1) is 0 Å². The van der Waals surface area contributed by atoms with E-state index in [0.717, 1.165) is 16.8 Å². The number of hydrazine groups is 1. The van der Waals surface area contributed by atoms with Crippen molar-refractivity contribution in [1.29, 1.82) is 0 Å². The van der Waals surface area contributed by atoms with Crippen LogP contribution in [0.5, 0.6) is 0 Å². The average molecular weight is 308 g/mol. The average Bonchev–Trinajstić information content (AvgIpc) is 2.37. The summed E-state index contributed by atoms with van der Waals surface area (Å²) in [5.41, 5.74) is 2.53. The van der Waals surface area contributed by atoms with E-state index in [1.807, 2.05) is 0 Å². The lowest BCUT2D eigenvalue weighted by atomic mass is 10.2. The second-order valence-corrected chi connectivity index (χ2v) is 4.04. The molecule has 0 radical (unpaired) electrons. The van der Waals surface area contributed by atoms with Crippen molar-refractivity contribution < 1.29 is 18.0 Å². The van der Waals surface area contributed by atoms with E-state index in [0.29, 0.717) is 6.07 Å². The SMILES string of the molecule is CNC(=S)NNC(=O)Cn1ccc(C(F)(F)F)cc1=O. The lowest BCUT2D eigenvalue weighted by Gasteiger charge is -2.11. The third kappa shape index (κ3) is 4.53. The van der Waals surface area contributed by atoms with Crippen LogP contribution >= 0.6 is 12.2 Å². The third-order valence-electron chi connectivity index (χ3n) is 2.18. The zero-order valence-electron chi connectivity index (χ0n) is 10.2. The Balaban J connectivity index is 2.72. The Labute approximate surface area is 116 Å². The molecule has 1 aromatic rings. The maximum atomic E-state index is 12.4. The first-order chi connectivity index (χ1) is 9.24. The summed E-state index contributed by atoms with van der Waals surface area (Å²) in [7, 11) is 1.53. The van der Waals surface area contributed by atoms with E-state index < -0.39 is 29.8 Å². The molecule has 1 aromatic heterocycles. The number of halogens is 3. The highest BCUT2D eigenvalue weighted by molar-refractivity contribution is 7.80. The van der Waals surface area contributed by atoms with Crippen LogP contribution in [0, 0.1) is 0 Å². The fraction of sp³-hybridized carbons (Fsp3) is 0.300. The molecule has 0 fully saturated rings. The van der Waals surface area contributed by atoms with Gasteiger partial charge in [0.25, 0.3) is 11.5 Å². The molecule has 20 heavy (non-hydrogen) atoms. The van der Waals surface area contributed by atoms with E-state index in [1.165, 1.54) is 7.05 Å². The topological polar surface area (TPSA) is 75.2 Å². The van der Waals surface area contributed by atoms with E-state index in [-0.39, 0.29) is 5.11 Å². The highest BCUT2D eigenvalue weighted by atomic mass is 32.1. The quantitative estimate of drug-likeness (QED) is 0.529. The Hall–Kier alpha value is -2.10. The molecular weight excluding hydrogens is 297 g/mol. The molecule has 1 amide bonds. The summed E-state index contributed by atoms with van der Waals surface area (Å²) < 4.78 is 37.9. The maximum absolute atomic E-state index is 12.4. The largest absolute Gasteiger partial charge is 0.416 e. The number of rotatable bonds is 2. The van der Waals surface area contributed by atoms with Gasteiger partial charge in [-0.05, 0) is 18.3 Å². The molecule has 0 aliphatic rings. The number of aromatic nitrogens is 1. The van der Waals surface area contributed by atoms with Crippen LogP contribution in [0.4, 0.5) is 13.2 Å². The van der Waals surface area contributed by atoms with E-state index in [4.69, 9.17) is 12.2 Å². The fourth-order valence-electron chi connectivity index (χ4n) is 1.20. The Kier molecular flexibility index (Phi) is 5.08. The Bertz CT molecular complexity index is 570. The molecule has 0 spiro atoms. The molecule has 0 saturated heterocycles. The third-order valence-corrected chi connectivity index (χ3v) is 2.49. The molecule has 3 N–H and O–H groups in total. The fourth-order valence-corrected chi connectivity index (χ4v) is 1.25. The Morgan fingerprint density at radius 3 is 2.55 bits per heavy atom. The van der Waals surface area contributed by atoms with Crippen LogP contribution < -0.4 is 21.7 Å². The summed E-state index contributed by atoms with van der Waals surface area (Å²) in [4.78, 5) is 22.9. The van der Waals surface area contributed by atoms with Crippen molar-refractivity contribution in [2.75, 3.05) is 7.05 Å². The van der Waals surface area contributed by atoms with Crippen molar-refractivity contribution in [2.45, 2.75) is 12.7 Å². The predicted molar refractivity (Wildman–Crippen MR) is 68.6 cm³/mol. The number of nitrogens with zero attached hydrogens (tertiary/aromatic N) is 1. The molecular formula is C10H11F3N4O2S. The second-order valence-electron chi connectivity index (χ2n) is 3.63. The summed E-state index contributed by atoms with van der Waals surface area (Å²) in [5.74, 6) is -0.635. The molecule has 1 rings (SSSR count). The number of thiocarbonyl (C=S) groups is 1. The predicted octanol–water partition coefficient (Wildman–Crippen LogP) is -0.00780. The zero-order valence-corrected chi connectivity index (χ0v) is 11.1. The number of pyridine rings is 1. The summed E-state index contributed by atoms with van der Waals surface area (Å²) >= 11 is 4.69. The minimum Gasteiger partial charge on any atom is -0.364 e. The lowest BCUT2D eigenvalue weighted by molar-refractivity contribution is -0.137. The van der Waals surface area contributed by atoms with Gasteiger partial charge in [0.1, 0.15) is 6.54 Å². The van der Waals surface area contributed by atoms with E-state index in [9.17, 15) is 22.8 Å². The van der Waals surface area contributed by atoms with Crippen LogP contribution in [0.15, 0.2) is 23.1 Å². The molecule has 0 unspecified atom stereocenters. The van der Waals surface area contributed by atoms with Gasteiger partial charge in [-0.1, -0.05) is 0 Å². The Morgan fingerprint density at radius 1 is 1.40 bits per heavy atom. The minimum atomic E-state index is -4.60. The molecule has 110 valence electrons. The van der Waals surface area contributed by atoms with Crippen molar-refractivity contribution in [2.24, 2.45) is 0 Å². The molecule has 6 nitrogen and oxygen atoms in total. The van der Waals surface area contributed by atoms with Crippen LogP contribution in [0.1, 0.15) is 5.56 Å². The molecule has 10 heteroatoms. The van der Waals surface area contributed by atoms with Gasteiger partial charge in [0, 0.05) is 19.3 Å². The Morgan fingerprint density at radius 2 is 2.05 bits per heavy atom. The smallest absolute Gasteiger partial charge is 0.364 e. The zero-order chi connectivity index (χ0) is 15.3. The normalized spacial score (nSPS) is 10.8. The number of nitrogens with one attached hydrogen (secondary N) is 3. The van der Waals surface area contributed by atoms with Gasteiger partial charge in [0.2, 0.25) is 0 Å². The van der Waals surface area contributed by atoms with E-state index in [2.05, 4.69) is 16.2 Å². The van der Waals surface area contributed by atoms with Crippen LogP contribution in [0.2, 0.25) is 0 Å². The first-order valence-electron chi connectivity index (χ1n) is 5.28. The van der Waals surface area contributed by atoms with Gasteiger partial charge in [-0.3, -0.25) is 20.4 Å². The van der Waals surface area contributed by atoms with Gasteiger partial charge in [-0.2, -0.15) is 13.2 Å². The number of carbonyl (C=O) groups excluding carboxylic acids is 1. The van der Waals surface area contributed by atoms with E-state index in [1.54, 1.807) is 0 Å². The lowest BCUT2D eigenvalue weighted by Crippen LogP contribution is -2.47. The van der Waals surface area contributed by atoms with Crippen LogP contribution in [0.3, 0.4) is 0 Å². The highest BCUT2D eigenvalue weighted by Gasteiger charge is 2.30. The van der Waals surface area contributed by atoms with Gasteiger partial charge < -0.3 is 9.88 Å². The van der Waals surface area contributed by atoms with Gasteiger partial charge >= 0.3 is 6.18 Å². The first-order valence-corrected chi connectivity index (χ1v) is 5.69. The van der Waals surface area contributed by atoms with Crippen LogP contribution in [-0.2, 0) is 17.5 Å². The van der Waals surface area contributed by atoms with Gasteiger partial charge in [0.05, 0.1) is 5.56 Å². The highest BCUT2D eigenvalue weighted by Crippen LogP contribution is 2.27. The molecule has 0 bridgehead atoms. The van der Waals surface area contributed by atoms with Gasteiger partial charge in [-0.25, -0.2) is 0 Å². The molecule has 0 aliphatic heterocycles. The molecule has 1 heterocycles. The number of alkyl halides is 3. The monoisotopic (exact) mass is 308 g/mol.